The number of amides is 1. The Hall–Kier alpha value is -2.10. The van der Waals surface area contributed by atoms with Crippen molar-refractivity contribution >= 4 is 18.0 Å². The van der Waals surface area contributed by atoms with E-state index in [0.29, 0.717) is 6.42 Å². The maximum absolute atomic E-state index is 11.4. The van der Waals surface area contributed by atoms with E-state index in [4.69, 9.17) is 0 Å². The van der Waals surface area contributed by atoms with Gasteiger partial charge in [0.05, 0.1) is 7.11 Å². The molecule has 0 saturated carbocycles. The first-order chi connectivity index (χ1) is 8.63. The summed E-state index contributed by atoms with van der Waals surface area (Å²) in [5, 5.41) is 2.55. The van der Waals surface area contributed by atoms with Gasteiger partial charge in [0, 0.05) is 6.92 Å². The van der Waals surface area contributed by atoms with Gasteiger partial charge in [-0.15, -0.1) is 0 Å². The minimum Gasteiger partial charge on any atom is -0.467 e. The van der Waals surface area contributed by atoms with Crippen molar-refractivity contribution in [3.8, 4) is 0 Å². The van der Waals surface area contributed by atoms with E-state index in [9.17, 15) is 9.59 Å². The largest absolute Gasteiger partial charge is 0.467 e. The highest BCUT2D eigenvalue weighted by Crippen LogP contribution is 2.04. The van der Waals surface area contributed by atoms with Gasteiger partial charge in [-0.05, 0) is 12.0 Å². The van der Waals surface area contributed by atoms with E-state index >= 15 is 0 Å². The van der Waals surface area contributed by atoms with Crippen molar-refractivity contribution in [3.05, 3.63) is 42.0 Å². The third-order valence-electron chi connectivity index (χ3n) is 2.34. The molecular weight excluding hydrogens is 230 g/mol. The van der Waals surface area contributed by atoms with Crippen LogP contribution in [0, 0.1) is 0 Å². The molecule has 0 unspecified atom stereocenters. The van der Waals surface area contributed by atoms with E-state index in [0.717, 1.165) is 5.56 Å². The number of nitrogens with one attached hydrogen (secondary N) is 1. The molecule has 0 radical (unpaired) electrons. The fourth-order valence-corrected chi connectivity index (χ4v) is 1.51. The van der Waals surface area contributed by atoms with Crippen molar-refractivity contribution in [2.75, 3.05) is 7.11 Å². The summed E-state index contributed by atoms with van der Waals surface area (Å²) in [5.74, 6) is -0.693. The average Bonchev–Trinajstić information content (AvgIpc) is 2.37. The molecule has 0 aliphatic carbocycles. The molecule has 0 bridgehead atoms. The van der Waals surface area contributed by atoms with Crippen LogP contribution in [0.3, 0.4) is 0 Å². The summed E-state index contributed by atoms with van der Waals surface area (Å²) in [4.78, 5) is 22.4. The molecule has 0 aliphatic heterocycles. The van der Waals surface area contributed by atoms with Crippen LogP contribution in [0.4, 0.5) is 0 Å². The Morgan fingerprint density at radius 1 is 1.33 bits per heavy atom. The lowest BCUT2D eigenvalue weighted by molar-refractivity contribution is -0.144. The molecule has 1 amide bonds. The minimum atomic E-state index is -0.632. The van der Waals surface area contributed by atoms with Gasteiger partial charge in [0.2, 0.25) is 5.91 Å². The van der Waals surface area contributed by atoms with Crippen molar-refractivity contribution in [2.24, 2.45) is 0 Å². The van der Waals surface area contributed by atoms with Crippen molar-refractivity contribution < 1.29 is 14.3 Å². The molecule has 0 saturated heterocycles. The fourth-order valence-electron chi connectivity index (χ4n) is 1.51. The lowest BCUT2D eigenvalue weighted by Gasteiger charge is -2.12. The molecular formula is C14H17NO3. The van der Waals surface area contributed by atoms with Crippen molar-refractivity contribution in [3.63, 3.8) is 0 Å². The predicted molar refractivity (Wildman–Crippen MR) is 69.7 cm³/mol. The highest BCUT2D eigenvalue weighted by atomic mass is 16.5. The number of hydrogen-bond donors (Lipinski definition) is 1. The summed E-state index contributed by atoms with van der Waals surface area (Å²) in [6.45, 7) is 1.37. The highest BCUT2D eigenvalue weighted by molar-refractivity contribution is 5.83. The molecule has 0 heterocycles. The van der Waals surface area contributed by atoms with Crippen LogP contribution >= 0.6 is 0 Å². The number of hydrogen-bond acceptors (Lipinski definition) is 3. The first-order valence-corrected chi connectivity index (χ1v) is 5.70. The molecule has 1 rings (SSSR count). The Morgan fingerprint density at radius 2 is 2.00 bits per heavy atom. The van der Waals surface area contributed by atoms with Crippen LogP contribution in [0.15, 0.2) is 36.4 Å². The summed E-state index contributed by atoms with van der Waals surface area (Å²) in [6, 6.07) is 9.10. The van der Waals surface area contributed by atoms with Gasteiger partial charge in [0.15, 0.2) is 0 Å². The van der Waals surface area contributed by atoms with E-state index in [-0.39, 0.29) is 5.91 Å². The molecule has 1 aromatic rings. The Kier molecular flexibility index (Phi) is 5.64. The number of benzene rings is 1. The Balaban J connectivity index is 2.59. The van der Waals surface area contributed by atoms with E-state index < -0.39 is 12.0 Å². The maximum Gasteiger partial charge on any atom is 0.328 e. The van der Waals surface area contributed by atoms with Gasteiger partial charge in [-0.25, -0.2) is 4.79 Å². The summed E-state index contributed by atoms with van der Waals surface area (Å²) in [5.41, 5.74) is 1.05. The second-order valence-electron chi connectivity index (χ2n) is 3.83. The smallest absolute Gasteiger partial charge is 0.328 e. The number of carbonyl (C=O) groups is 2. The van der Waals surface area contributed by atoms with Gasteiger partial charge in [-0.2, -0.15) is 0 Å². The van der Waals surface area contributed by atoms with E-state index in [1.165, 1.54) is 14.0 Å². The zero-order valence-electron chi connectivity index (χ0n) is 10.6. The molecule has 18 heavy (non-hydrogen) atoms. The van der Waals surface area contributed by atoms with Crippen LogP contribution < -0.4 is 5.32 Å². The van der Waals surface area contributed by atoms with Crippen LogP contribution in [0.5, 0.6) is 0 Å². The lowest BCUT2D eigenvalue weighted by Crippen LogP contribution is -2.39. The van der Waals surface area contributed by atoms with Crippen LogP contribution in [-0.2, 0) is 14.3 Å². The summed E-state index contributed by atoms with van der Waals surface area (Å²) in [7, 11) is 1.30. The average molecular weight is 247 g/mol. The van der Waals surface area contributed by atoms with Crippen molar-refractivity contribution in [1.29, 1.82) is 0 Å². The molecule has 0 fully saturated rings. The second kappa shape index (κ2) is 7.27. The summed E-state index contributed by atoms with van der Waals surface area (Å²) in [6.07, 6.45) is 4.14. The molecule has 4 heteroatoms. The number of rotatable bonds is 5. The van der Waals surface area contributed by atoms with Crippen LogP contribution in [0.25, 0.3) is 6.08 Å². The van der Waals surface area contributed by atoms with Gasteiger partial charge in [-0.1, -0.05) is 42.5 Å². The molecule has 0 spiro atoms. The van der Waals surface area contributed by atoms with Crippen LogP contribution in [0.1, 0.15) is 18.9 Å². The SMILES string of the molecule is COC(=O)[C@@H](CC=Cc1ccccc1)NC(C)=O. The van der Waals surface area contributed by atoms with Crippen molar-refractivity contribution in [2.45, 2.75) is 19.4 Å². The maximum atomic E-state index is 11.4. The lowest BCUT2D eigenvalue weighted by atomic mass is 10.1. The van der Waals surface area contributed by atoms with Gasteiger partial charge in [0.25, 0.3) is 0 Å². The molecule has 1 N–H and O–H groups in total. The standard InChI is InChI=1S/C14H17NO3/c1-11(16)15-13(14(17)18-2)10-6-9-12-7-4-3-5-8-12/h3-9,13H,10H2,1-2H3,(H,15,16)/t13-/m1/s1. The third kappa shape index (κ3) is 4.82. The zero-order chi connectivity index (χ0) is 13.4. The number of carbonyl (C=O) groups excluding carboxylic acids is 2. The van der Waals surface area contributed by atoms with Gasteiger partial charge in [0.1, 0.15) is 6.04 Å². The highest BCUT2D eigenvalue weighted by Gasteiger charge is 2.17. The number of ether oxygens (including phenoxy) is 1. The van der Waals surface area contributed by atoms with Crippen molar-refractivity contribution in [1.82, 2.24) is 5.32 Å². The third-order valence-corrected chi connectivity index (χ3v) is 2.34. The normalized spacial score (nSPS) is 12.1. The Bertz CT molecular complexity index is 426. The molecule has 0 aliphatic rings. The van der Waals surface area contributed by atoms with Crippen LogP contribution in [-0.4, -0.2) is 25.0 Å². The molecule has 0 aromatic heterocycles. The first kappa shape index (κ1) is 14.0. The topological polar surface area (TPSA) is 55.4 Å². The molecule has 1 aromatic carbocycles. The van der Waals surface area contributed by atoms with Crippen LogP contribution in [0.2, 0.25) is 0 Å². The zero-order valence-corrected chi connectivity index (χ0v) is 10.6. The van der Waals surface area contributed by atoms with Gasteiger partial charge in [-0.3, -0.25) is 4.79 Å². The number of methoxy groups -OCH3 is 1. The number of esters is 1. The van der Waals surface area contributed by atoms with Gasteiger partial charge < -0.3 is 10.1 Å². The van der Waals surface area contributed by atoms with E-state index in [2.05, 4.69) is 10.1 Å². The first-order valence-electron chi connectivity index (χ1n) is 5.70. The molecule has 1 atom stereocenters. The second-order valence-corrected chi connectivity index (χ2v) is 3.83. The summed E-state index contributed by atoms with van der Waals surface area (Å²) >= 11 is 0. The molecule has 96 valence electrons. The Labute approximate surface area is 107 Å². The monoisotopic (exact) mass is 247 g/mol. The predicted octanol–water partition coefficient (Wildman–Crippen LogP) is 1.77. The Morgan fingerprint density at radius 3 is 2.56 bits per heavy atom. The minimum absolute atomic E-state index is 0.251. The van der Waals surface area contributed by atoms with E-state index in [1.54, 1.807) is 0 Å². The van der Waals surface area contributed by atoms with Gasteiger partial charge >= 0.3 is 5.97 Å². The quantitative estimate of drug-likeness (QED) is 0.807. The fraction of sp³-hybridized carbons (Fsp3) is 0.286. The van der Waals surface area contributed by atoms with E-state index in [1.807, 2.05) is 42.5 Å². The molecule has 4 nitrogen and oxygen atoms in total. The summed E-state index contributed by atoms with van der Waals surface area (Å²) < 4.78 is 4.63.